The van der Waals surface area contributed by atoms with E-state index in [1.807, 2.05) is 60.7 Å². The molecule has 0 radical (unpaired) electrons. The van der Waals surface area contributed by atoms with Crippen LogP contribution in [0.3, 0.4) is 0 Å². The second-order valence-electron chi connectivity index (χ2n) is 6.77. The third-order valence-electron chi connectivity index (χ3n) is 5.06. The lowest BCUT2D eigenvalue weighted by Crippen LogP contribution is -2.20. The zero-order chi connectivity index (χ0) is 20.0. The maximum absolute atomic E-state index is 13.6. The fraction of sp³-hybridized carbons (Fsp3) is 0. The summed E-state index contributed by atoms with van der Waals surface area (Å²) in [6.07, 6.45) is 0. The number of fused-ring (bicyclic) bond motifs is 3. The predicted molar refractivity (Wildman–Crippen MR) is 113 cm³/mol. The lowest BCUT2D eigenvalue weighted by molar-refractivity contribution is -0.384. The lowest BCUT2D eigenvalue weighted by Gasteiger charge is -2.11. The van der Waals surface area contributed by atoms with Gasteiger partial charge < -0.3 is 4.98 Å². The van der Waals surface area contributed by atoms with Gasteiger partial charge in [0.15, 0.2) is 0 Å². The van der Waals surface area contributed by atoms with E-state index in [4.69, 9.17) is 0 Å². The second-order valence-corrected chi connectivity index (χ2v) is 6.77. The van der Waals surface area contributed by atoms with E-state index in [9.17, 15) is 14.9 Å². The molecule has 0 unspecified atom stereocenters. The Hall–Kier alpha value is -4.19. The van der Waals surface area contributed by atoms with Gasteiger partial charge in [-0.05, 0) is 29.8 Å². The van der Waals surface area contributed by atoms with Crippen molar-refractivity contribution in [3.8, 4) is 16.8 Å². The average Bonchev–Trinajstić information content (AvgIpc) is 3.12. The van der Waals surface area contributed by atoms with E-state index >= 15 is 0 Å². The molecule has 3 aromatic carbocycles. The minimum atomic E-state index is -0.450. The quantitative estimate of drug-likeness (QED) is 0.351. The lowest BCUT2D eigenvalue weighted by atomic mass is 10.1. The molecule has 0 fully saturated rings. The van der Waals surface area contributed by atoms with E-state index < -0.39 is 4.92 Å². The van der Waals surface area contributed by atoms with Gasteiger partial charge in [-0.25, -0.2) is 0 Å². The smallest absolute Gasteiger partial charge is 0.269 e. The fourth-order valence-electron chi connectivity index (χ4n) is 3.72. The number of aromatic nitrogens is 2. The maximum Gasteiger partial charge on any atom is 0.269 e. The van der Waals surface area contributed by atoms with Crippen LogP contribution in [0.5, 0.6) is 0 Å². The van der Waals surface area contributed by atoms with Gasteiger partial charge in [-0.3, -0.25) is 19.5 Å². The minimum Gasteiger partial charge on any atom is -0.353 e. The molecule has 0 bridgehead atoms. The summed E-state index contributed by atoms with van der Waals surface area (Å²) >= 11 is 0. The van der Waals surface area contributed by atoms with Crippen LogP contribution in [0.25, 0.3) is 38.8 Å². The molecule has 0 saturated carbocycles. The summed E-state index contributed by atoms with van der Waals surface area (Å²) in [7, 11) is 0. The van der Waals surface area contributed by atoms with E-state index in [0.717, 1.165) is 27.5 Å². The molecule has 6 heteroatoms. The maximum atomic E-state index is 13.6. The molecular weight excluding hydrogens is 366 g/mol. The highest BCUT2D eigenvalue weighted by Gasteiger charge is 2.17. The van der Waals surface area contributed by atoms with Crippen molar-refractivity contribution in [1.29, 1.82) is 0 Å². The van der Waals surface area contributed by atoms with Gasteiger partial charge in [0.2, 0.25) is 0 Å². The van der Waals surface area contributed by atoms with Crippen LogP contribution < -0.4 is 5.56 Å². The Balaban J connectivity index is 1.90. The zero-order valence-corrected chi connectivity index (χ0v) is 15.2. The number of hydrogen-bond donors (Lipinski definition) is 1. The van der Waals surface area contributed by atoms with E-state index in [-0.39, 0.29) is 11.2 Å². The molecular formula is C23H15N3O3. The number of para-hydroxylation sites is 1. The van der Waals surface area contributed by atoms with Gasteiger partial charge in [-0.2, -0.15) is 0 Å². The van der Waals surface area contributed by atoms with Crippen LogP contribution in [0.15, 0.2) is 89.7 Å². The number of non-ortho nitro benzene ring substituents is 1. The molecule has 2 aromatic heterocycles. The minimum absolute atomic E-state index is 0.0174. The van der Waals surface area contributed by atoms with Gasteiger partial charge in [0.05, 0.1) is 16.0 Å². The number of benzene rings is 3. The standard InChI is InChI=1S/C23H15N3O3/c27-23-19(15-6-2-1-3-7-15)14-21-22(18-8-4-5-9-20(18)24-21)25(23)16-10-12-17(13-11-16)26(28)29/h1-14,24H. The van der Waals surface area contributed by atoms with Crippen molar-refractivity contribution in [2.24, 2.45) is 0 Å². The number of nitrogens with zero attached hydrogens (tertiary/aromatic N) is 2. The Morgan fingerprint density at radius 1 is 0.828 bits per heavy atom. The highest BCUT2D eigenvalue weighted by atomic mass is 16.6. The molecule has 0 aliphatic heterocycles. The van der Waals surface area contributed by atoms with E-state index in [0.29, 0.717) is 11.3 Å². The number of nitrogens with one attached hydrogen (secondary N) is 1. The second kappa shape index (κ2) is 6.45. The first-order chi connectivity index (χ1) is 14.1. The number of aromatic amines is 1. The first kappa shape index (κ1) is 16.9. The Kier molecular flexibility index (Phi) is 3.77. The average molecular weight is 381 g/mol. The van der Waals surface area contributed by atoms with Crippen LogP contribution in [0.1, 0.15) is 0 Å². The number of H-pyrrole nitrogens is 1. The number of rotatable bonds is 3. The van der Waals surface area contributed by atoms with Gasteiger partial charge in [0.1, 0.15) is 0 Å². The van der Waals surface area contributed by atoms with Crippen LogP contribution in [-0.2, 0) is 0 Å². The summed E-state index contributed by atoms with van der Waals surface area (Å²) in [4.78, 5) is 27.5. The van der Waals surface area contributed by atoms with Crippen LogP contribution in [0.4, 0.5) is 5.69 Å². The summed E-state index contributed by atoms with van der Waals surface area (Å²) in [5, 5.41) is 11.9. The van der Waals surface area contributed by atoms with Crippen LogP contribution in [-0.4, -0.2) is 14.5 Å². The summed E-state index contributed by atoms with van der Waals surface area (Å²) in [5.74, 6) is 0. The first-order valence-corrected chi connectivity index (χ1v) is 9.10. The summed E-state index contributed by atoms with van der Waals surface area (Å²) < 4.78 is 1.63. The Morgan fingerprint density at radius 2 is 1.52 bits per heavy atom. The molecule has 1 N–H and O–H groups in total. The van der Waals surface area contributed by atoms with Gasteiger partial charge in [-0.1, -0.05) is 48.5 Å². The Morgan fingerprint density at radius 3 is 2.24 bits per heavy atom. The zero-order valence-electron chi connectivity index (χ0n) is 15.2. The van der Waals surface area contributed by atoms with Crippen LogP contribution >= 0.6 is 0 Å². The monoisotopic (exact) mass is 381 g/mol. The van der Waals surface area contributed by atoms with Gasteiger partial charge in [-0.15, -0.1) is 0 Å². The number of nitro benzene ring substituents is 1. The van der Waals surface area contributed by atoms with E-state index in [1.165, 1.54) is 12.1 Å². The number of nitro groups is 1. The number of hydrogen-bond acceptors (Lipinski definition) is 3. The Labute approximate surface area is 164 Å². The SMILES string of the molecule is O=c1c(-c2ccccc2)cc2[nH]c3ccccc3c2n1-c1ccc([N+](=O)[O-])cc1. The topological polar surface area (TPSA) is 80.9 Å². The highest BCUT2D eigenvalue weighted by Crippen LogP contribution is 2.29. The fourth-order valence-corrected chi connectivity index (χ4v) is 3.72. The third-order valence-corrected chi connectivity index (χ3v) is 5.06. The van der Waals surface area contributed by atoms with Crippen molar-refractivity contribution in [1.82, 2.24) is 9.55 Å². The molecule has 5 aromatic rings. The predicted octanol–water partition coefficient (Wildman–Crippen LogP) is 5.05. The molecule has 2 heterocycles. The normalized spacial score (nSPS) is 11.2. The molecule has 6 nitrogen and oxygen atoms in total. The van der Waals surface area contributed by atoms with Crippen molar-refractivity contribution in [2.45, 2.75) is 0 Å². The van der Waals surface area contributed by atoms with Crippen molar-refractivity contribution < 1.29 is 4.92 Å². The summed E-state index contributed by atoms with van der Waals surface area (Å²) in [6.45, 7) is 0. The molecule has 0 spiro atoms. The highest BCUT2D eigenvalue weighted by molar-refractivity contribution is 6.06. The molecule has 5 rings (SSSR count). The Bertz CT molecular complexity index is 1430. The van der Waals surface area contributed by atoms with Crippen molar-refractivity contribution >= 4 is 27.6 Å². The van der Waals surface area contributed by atoms with Crippen molar-refractivity contribution in [3.63, 3.8) is 0 Å². The number of pyridine rings is 1. The van der Waals surface area contributed by atoms with Crippen molar-refractivity contribution in [2.75, 3.05) is 0 Å². The first-order valence-electron chi connectivity index (χ1n) is 9.10. The molecule has 0 aliphatic carbocycles. The molecule has 29 heavy (non-hydrogen) atoms. The molecule has 0 aliphatic rings. The van der Waals surface area contributed by atoms with E-state index in [2.05, 4.69) is 4.98 Å². The van der Waals surface area contributed by atoms with Crippen LogP contribution in [0, 0.1) is 10.1 Å². The molecule has 140 valence electrons. The van der Waals surface area contributed by atoms with Crippen molar-refractivity contribution in [3.05, 3.63) is 105 Å². The molecule has 0 saturated heterocycles. The van der Waals surface area contributed by atoms with E-state index in [1.54, 1.807) is 16.7 Å². The summed E-state index contributed by atoms with van der Waals surface area (Å²) in [5.41, 5.74) is 4.24. The van der Waals surface area contributed by atoms with Crippen LogP contribution in [0.2, 0.25) is 0 Å². The molecule has 0 atom stereocenters. The van der Waals surface area contributed by atoms with Gasteiger partial charge in [0.25, 0.3) is 11.2 Å². The summed E-state index contributed by atoms with van der Waals surface area (Å²) in [6, 6.07) is 25.2. The van der Waals surface area contributed by atoms with Gasteiger partial charge >= 0.3 is 0 Å². The van der Waals surface area contributed by atoms with Gasteiger partial charge in [0, 0.05) is 34.3 Å². The largest absolute Gasteiger partial charge is 0.353 e. The molecule has 0 amide bonds. The third kappa shape index (κ3) is 2.70.